The van der Waals surface area contributed by atoms with Crippen LogP contribution in [-0.2, 0) is 10.4 Å². The van der Waals surface area contributed by atoms with Gasteiger partial charge in [0.1, 0.15) is 0 Å². The summed E-state index contributed by atoms with van der Waals surface area (Å²) in [5, 5.41) is 11.1. The van der Waals surface area contributed by atoms with E-state index in [1.54, 1.807) is 17.0 Å². The van der Waals surface area contributed by atoms with Crippen LogP contribution in [0.4, 0.5) is 5.69 Å². The lowest BCUT2D eigenvalue weighted by molar-refractivity contribution is -0.132. The molecular formula is C17H17NO2. The zero-order valence-electron chi connectivity index (χ0n) is 11.6. The van der Waals surface area contributed by atoms with Crippen LogP contribution in [0.5, 0.6) is 0 Å². The van der Waals surface area contributed by atoms with Crippen molar-refractivity contribution in [3.63, 3.8) is 0 Å². The number of hydrogen-bond donors (Lipinski definition) is 1. The molecule has 1 N–H and O–H groups in total. The molecule has 102 valence electrons. The molecule has 2 aromatic rings. The molecule has 0 aromatic heterocycles. The van der Waals surface area contributed by atoms with E-state index < -0.39 is 5.60 Å². The van der Waals surface area contributed by atoms with Crippen molar-refractivity contribution < 1.29 is 9.90 Å². The Bertz CT molecular complexity index is 666. The van der Waals surface area contributed by atoms with E-state index in [0.29, 0.717) is 17.7 Å². The first-order valence-electron chi connectivity index (χ1n) is 6.80. The number of carbonyl (C=O) groups is 1. The molecule has 0 saturated heterocycles. The Morgan fingerprint density at radius 1 is 1.15 bits per heavy atom. The third-order valence-electron chi connectivity index (χ3n) is 3.90. The maximum atomic E-state index is 12.7. The van der Waals surface area contributed by atoms with Crippen molar-refractivity contribution in [3.05, 3.63) is 65.2 Å². The second kappa shape index (κ2) is 4.46. The second-order valence-corrected chi connectivity index (χ2v) is 5.15. The maximum Gasteiger partial charge on any atom is 0.268 e. The number of likely N-dealkylation sites (N-methyl/N-ethyl adjacent to an activating group) is 1. The van der Waals surface area contributed by atoms with Crippen molar-refractivity contribution >= 4 is 11.6 Å². The fourth-order valence-corrected chi connectivity index (χ4v) is 2.87. The minimum Gasteiger partial charge on any atom is -0.372 e. The Morgan fingerprint density at radius 2 is 1.85 bits per heavy atom. The normalized spacial score (nSPS) is 21.1. The first kappa shape index (κ1) is 12.9. The van der Waals surface area contributed by atoms with Gasteiger partial charge in [0.15, 0.2) is 5.60 Å². The zero-order valence-corrected chi connectivity index (χ0v) is 11.6. The summed E-state index contributed by atoms with van der Waals surface area (Å²) in [4.78, 5) is 14.3. The van der Waals surface area contributed by atoms with Crippen molar-refractivity contribution in [1.82, 2.24) is 0 Å². The smallest absolute Gasteiger partial charge is 0.268 e. The first-order valence-corrected chi connectivity index (χ1v) is 6.80. The number of fused-ring (bicyclic) bond motifs is 1. The molecule has 1 aliphatic heterocycles. The van der Waals surface area contributed by atoms with E-state index in [0.717, 1.165) is 11.3 Å². The van der Waals surface area contributed by atoms with E-state index in [2.05, 4.69) is 0 Å². The molecule has 1 atom stereocenters. The van der Waals surface area contributed by atoms with E-state index in [4.69, 9.17) is 0 Å². The molecule has 0 saturated carbocycles. The summed E-state index contributed by atoms with van der Waals surface area (Å²) in [6.45, 7) is 4.42. The van der Waals surface area contributed by atoms with Crippen LogP contribution >= 0.6 is 0 Å². The molecule has 1 heterocycles. The van der Waals surface area contributed by atoms with Crippen LogP contribution in [0.15, 0.2) is 48.5 Å². The van der Waals surface area contributed by atoms with Crippen LogP contribution in [0, 0.1) is 6.92 Å². The topological polar surface area (TPSA) is 40.5 Å². The number of benzene rings is 2. The quantitative estimate of drug-likeness (QED) is 0.908. The summed E-state index contributed by atoms with van der Waals surface area (Å²) in [7, 11) is 0. The predicted octanol–water partition coefficient (Wildman–Crippen LogP) is 2.60. The van der Waals surface area contributed by atoms with Gasteiger partial charge in [-0.05, 0) is 25.5 Å². The number of nitrogens with zero attached hydrogens (tertiary/aromatic N) is 1. The van der Waals surface area contributed by atoms with E-state index >= 15 is 0 Å². The Labute approximate surface area is 118 Å². The standard InChI is InChI=1S/C17H17NO2/c1-3-18-15-10-9-12(2)11-14(15)17(20,16(18)19)13-7-5-4-6-8-13/h4-11,20H,3H2,1-2H3. The Morgan fingerprint density at radius 3 is 2.50 bits per heavy atom. The van der Waals surface area contributed by atoms with Crippen LogP contribution in [0.2, 0.25) is 0 Å². The van der Waals surface area contributed by atoms with E-state index in [1.807, 2.05) is 50.2 Å². The Kier molecular flexibility index (Phi) is 2.87. The van der Waals surface area contributed by atoms with Gasteiger partial charge in [-0.1, -0.05) is 48.0 Å². The van der Waals surface area contributed by atoms with Gasteiger partial charge in [-0.15, -0.1) is 0 Å². The molecule has 3 nitrogen and oxygen atoms in total. The van der Waals surface area contributed by atoms with Gasteiger partial charge in [-0.25, -0.2) is 0 Å². The lowest BCUT2D eigenvalue weighted by Crippen LogP contribution is -2.41. The van der Waals surface area contributed by atoms with E-state index in [9.17, 15) is 9.90 Å². The highest BCUT2D eigenvalue weighted by atomic mass is 16.3. The van der Waals surface area contributed by atoms with Crippen LogP contribution in [0.1, 0.15) is 23.6 Å². The third kappa shape index (κ3) is 1.60. The van der Waals surface area contributed by atoms with Gasteiger partial charge < -0.3 is 10.0 Å². The molecule has 0 radical (unpaired) electrons. The SMILES string of the molecule is CCN1C(=O)C(O)(c2ccccc2)c2cc(C)ccc21. The average Bonchev–Trinajstić information content (AvgIpc) is 2.69. The number of carbonyl (C=O) groups excluding carboxylic acids is 1. The van der Waals surface area contributed by atoms with Crippen molar-refractivity contribution in [2.45, 2.75) is 19.4 Å². The van der Waals surface area contributed by atoms with E-state index in [1.165, 1.54) is 0 Å². The summed E-state index contributed by atoms with van der Waals surface area (Å²) < 4.78 is 0. The van der Waals surface area contributed by atoms with Crippen molar-refractivity contribution in [3.8, 4) is 0 Å². The van der Waals surface area contributed by atoms with Crippen LogP contribution < -0.4 is 4.90 Å². The molecule has 2 aromatic carbocycles. The third-order valence-corrected chi connectivity index (χ3v) is 3.90. The van der Waals surface area contributed by atoms with Gasteiger partial charge >= 0.3 is 0 Å². The zero-order chi connectivity index (χ0) is 14.3. The van der Waals surface area contributed by atoms with Crippen molar-refractivity contribution in [1.29, 1.82) is 0 Å². The summed E-state index contributed by atoms with van der Waals surface area (Å²) in [6, 6.07) is 14.9. The van der Waals surface area contributed by atoms with Crippen molar-refractivity contribution in [2.75, 3.05) is 11.4 Å². The molecule has 3 rings (SSSR count). The van der Waals surface area contributed by atoms with Crippen LogP contribution in [0.25, 0.3) is 0 Å². The summed E-state index contributed by atoms with van der Waals surface area (Å²) in [6.07, 6.45) is 0. The van der Waals surface area contributed by atoms with Gasteiger partial charge in [0, 0.05) is 12.1 Å². The number of anilines is 1. The highest BCUT2D eigenvalue weighted by molar-refractivity contribution is 6.09. The molecule has 0 fully saturated rings. The molecular weight excluding hydrogens is 250 g/mol. The molecule has 1 unspecified atom stereocenters. The lowest BCUT2D eigenvalue weighted by atomic mass is 9.87. The van der Waals surface area contributed by atoms with Gasteiger partial charge in [0.05, 0.1) is 5.69 Å². The Hall–Kier alpha value is -2.13. The summed E-state index contributed by atoms with van der Waals surface area (Å²) in [5.41, 5.74) is 1.56. The molecule has 0 spiro atoms. The molecule has 3 heteroatoms. The monoisotopic (exact) mass is 267 g/mol. The number of rotatable bonds is 2. The molecule has 1 amide bonds. The maximum absolute atomic E-state index is 12.7. The second-order valence-electron chi connectivity index (χ2n) is 5.15. The highest BCUT2D eigenvalue weighted by Crippen LogP contribution is 2.44. The number of amides is 1. The van der Waals surface area contributed by atoms with Crippen LogP contribution in [0.3, 0.4) is 0 Å². The minimum atomic E-state index is -1.57. The number of aliphatic hydroxyl groups is 1. The van der Waals surface area contributed by atoms with Gasteiger partial charge in [-0.2, -0.15) is 0 Å². The lowest BCUT2D eigenvalue weighted by Gasteiger charge is -2.23. The fraction of sp³-hybridized carbons (Fsp3) is 0.235. The summed E-state index contributed by atoms with van der Waals surface area (Å²) in [5.74, 6) is -0.271. The van der Waals surface area contributed by atoms with Gasteiger partial charge in [0.2, 0.25) is 0 Å². The molecule has 1 aliphatic rings. The van der Waals surface area contributed by atoms with E-state index in [-0.39, 0.29) is 5.91 Å². The fourth-order valence-electron chi connectivity index (χ4n) is 2.87. The highest BCUT2D eigenvalue weighted by Gasteiger charge is 2.50. The van der Waals surface area contributed by atoms with Gasteiger partial charge in [-0.3, -0.25) is 4.79 Å². The molecule has 20 heavy (non-hydrogen) atoms. The van der Waals surface area contributed by atoms with Crippen LogP contribution in [-0.4, -0.2) is 17.6 Å². The average molecular weight is 267 g/mol. The summed E-state index contributed by atoms with van der Waals surface area (Å²) >= 11 is 0. The number of aryl methyl sites for hydroxylation is 1. The van der Waals surface area contributed by atoms with Crippen molar-refractivity contribution in [2.24, 2.45) is 0 Å². The first-order chi connectivity index (χ1) is 9.59. The Balaban J connectivity index is 2.27. The predicted molar refractivity (Wildman–Crippen MR) is 78.6 cm³/mol. The molecule has 0 aliphatic carbocycles. The number of hydrogen-bond acceptors (Lipinski definition) is 2. The largest absolute Gasteiger partial charge is 0.372 e. The van der Waals surface area contributed by atoms with Gasteiger partial charge in [0.25, 0.3) is 5.91 Å². The molecule has 0 bridgehead atoms. The minimum absolute atomic E-state index is 0.271.